The van der Waals surface area contributed by atoms with Crippen molar-refractivity contribution in [3.8, 4) is 0 Å². The standard InChI is InChI=1S/C15H16N4O4S2/c1-10-17-18-14(24-10)6-8-16-13(20)7-9-19-15(21)11-4-2-3-5-12(11)25(19,22)23/h2-5H,6-9H2,1H3,(H,16,20). The number of rotatable bonds is 6. The van der Waals surface area contributed by atoms with Crippen molar-refractivity contribution >= 4 is 33.2 Å². The number of aromatic nitrogens is 2. The van der Waals surface area contributed by atoms with Crippen LogP contribution in [-0.4, -0.2) is 47.8 Å². The van der Waals surface area contributed by atoms with Crippen molar-refractivity contribution < 1.29 is 18.0 Å². The number of carbonyl (C=O) groups excluding carboxylic acids is 2. The second-order valence-corrected chi connectivity index (χ2v) is 8.54. The van der Waals surface area contributed by atoms with Gasteiger partial charge in [-0.1, -0.05) is 12.1 Å². The van der Waals surface area contributed by atoms with Gasteiger partial charge in [-0.2, -0.15) is 0 Å². The van der Waals surface area contributed by atoms with Gasteiger partial charge in [0, 0.05) is 25.9 Å². The molecule has 2 amide bonds. The monoisotopic (exact) mass is 380 g/mol. The van der Waals surface area contributed by atoms with Crippen LogP contribution in [0.15, 0.2) is 29.2 Å². The highest BCUT2D eigenvalue weighted by Gasteiger charge is 2.40. The lowest BCUT2D eigenvalue weighted by molar-refractivity contribution is -0.121. The Labute approximate surface area is 148 Å². The highest BCUT2D eigenvalue weighted by molar-refractivity contribution is 7.90. The molecular formula is C15H16N4O4S2. The molecule has 1 aromatic carbocycles. The molecule has 2 heterocycles. The maximum absolute atomic E-state index is 12.4. The van der Waals surface area contributed by atoms with E-state index in [4.69, 9.17) is 0 Å². The minimum Gasteiger partial charge on any atom is -0.356 e. The number of amides is 2. The first-order chi connectivity index (χ1) is 11.9. The molecule has 0 fully saturated rings. The van der Waals surface area contributed by atoms with Crippen LogP contribution in [0.25, 0.3) is 0 Å². The van der Waals surface area contributed by atoms with E-state index in [2.05, 4.69) is 15.5 Å². The molecule has 0 radical (unpaired) electrons. The van der Waals surface area contributed by atoms with E-state index in [1.165, 1.54) is 23.5 Å². The molecule has 1 aliphatic heterocycles. The molecule has 0 spiro atoms. The number of nitrogens with one attached hydrogen (secondary N) is 1. The van der Waals surface area contributed by atoms with E-state index in [9.17, 15) is 18.0 Å². The smallest absolute Gasteiger partial charge is 0.269 e. The zero-order valence-corrected chi connectivity index (χ0v) is 15.1. The minimum atomic E-state index is -3.86. The summed E-state index contributed by atoms with van der Waals surface area (Å²) in [4.78, 5) is 24.1. The van der Waals surface area contributed by atoms with Gasteiger partial charge in [0.15, 0.2) is 0 Å². The van der Waals surface area contributed by atoms with Crippen molar-refractivity contribution in [3.05, 3.63) is 39.8 Å². The third-order valence-electron chi connectivity index (χ3n) is 3.68. The topological polar surface area (TPSA) is 109 Å². The Kier molecular flexibility index (Phi) is 4.82. The summed E-state index contributed by atoms with van der Waals surface area (Å²) in [6, 6.07) is 6.04. The van der Waals surface area contributed by atoms with Gasteiger partial charge in [0.25, 0.3) is 15.9 Å². The maximum Gasteiger partial charge on any atom is 0.269 e. The second kappa shape index (κ2) is 6.89. The van der Waals surface area contributed by atoms with Crippen LogP contribution in [-0.2, 0) is 21.2 Å². The fourth-order valence-electron chi connectivity index (χ4n) is 2.49. The third-order valence-corrected chi connectivity index (χ3v) is 6.42. The molecule has 0 unspecified atom stereocenters. The SMILES string of the molecule is Cc1nnc(CCNC(=O)CCN2C(=O)c3ccccc3S2(=O)=O)s1. The molecule has 0 saturated heterocycles. The number of hydrogen-bond acceptors (Lipinski definition) is 7. The average molecular weight is 380 g/mol. The van der Waals surface area contributed by atoms with Crippen LogP contribution in [0, 0.1) is 6.92 Å². The summed E-state index contributed by atoms with van der Waals surface area (Å²) in [5, 5.41) is 12.2. The van der Waals surface area contributed by atoms with Crippen molar-refractivity contribution in [2.24, 2.45) is 0 Å². The summed E-state index contributed by atoms with van der Waals surface area (Å²) in [6.07, 6.45) is 0.470. The lowest BCUT2D eigenvalue weighted by atomic mass is 10.2. The van der Waals surface area contributed by atoms with Crippen LogP contribution in [0.3, 0.4) is 0 Å². The van der Waals surface area contributed by atoms with E-state index in [1.807, 2.05) is 6.92 Å². The summed E-state index contributed by atoms with van der Waals surface area (Å²) in [6.45, 7) is 2.05. The summed E-state index contributed by atoms with van der Waals surface area (Å²) >= 11 is 1.46. The lowest BCUT2D eigenvalue weighted by Crippen LogP contribution is -2.35. The van der Waals surface area contributed by atoms with Gasteiger partial charge in [0.1, 0.15) is 14.9 Å². The summed E-state index contributed by atoms with van der Waals surface area (Å²) in [5.74, 6) is -0.909. The zero-order valence-electron chi connectivity index (χ0n) is 13.4. The molecule has 1 aliphatic rings. The van der Waals surface area contributed by atoms with Crippen LogP contribution in [0.1, 0.15) is 26.8 Å². The van der Waals surface area contributed by atoms with E-state index in [1.54, 1.807) is 12.1 Å². The first-order valence-electron chi connectivity index (χ1n) is 7.61. The number of benzene rings is 1. The Morgan fingerprint density at radius 1 is 1.28 bits per heavy atom. The van der Waals surface area contributed by atoms with Gasteiger partial charge in [-0.25, -0.2) is 12.7 Å². The van der Waals surface area contributed by atoms with E-state index >= 15 is 0 Å². The maximum atomic E-state index is 12.4. The van der Waals surface area contributed by atoms with E-state index in [0.29, 0.717) is 13.0 Å². The highest BCUT2D eigenvalue weighted by atomic mass is 32.2. The second-order valence-electron chi connectivity index (χ2n) is 5.44. The molecule has 3 rings (SSSR count). The van der Waals surface area contributed by atoms with E-state index in [-0.39, 0.29) is 29.3 Å². The molecule has 0 bridgehead atoms. The highest BCUT2D eigenvalue weighted by Crippen LogP contribution is 2.29. The number of hydrogen-bond donors (Lipinski definition) is 1. The van der Waals surface area contributed by atoms with Crippen LogP contribution >= 0.6 is 11.3 Å². The van der Waals surface area contributed by atoms with Gasteiger partial charge >= 0.3 is 0 Å². The van der Waals surface area contributed by atoms with Crippen LogP contribution in [0.5, 0.6) is 0 Å². The molecule has 1 aromatic heterocycles. The predicted molar refractivity (Wildman–Crippen MR) is 90.6 cm³/mol. The molecular weight excluding hydrogens is 364 g/mol. The van der Waals surface area contributed by atoms with Crippen LogP contribution in [0.4, 0.5) is 0 Å². The third kappa shape index (κ3) is 3.54. The van der Waals surface area contributed by atoms with Gasteiger partial charge < -0.3 is 5.32 Å². The first kappa shape index (κ1) is 17.5. The van der Waals surface area contributed by atoms with Crippen molar-refractivity contribution in [2.75, 3.05) is 13.1 Å². The van der Waals surface area contributed by atoms with Gasteiger partial charge in [-0.3, -0.25) is 9.59 Å². The fraction of sp³-hybridized carbons (Fsp3) is 0.333. The van der Waals surface area contributed by atoms with Gasteiger partial charge in [0.05, 0.1) is 5.56 Å². The normalized spacial score (nSPS) is 15.2. The molecule has 0 atom stereocenters. The largest absolute Gasteiger partial charge is 0.356 e. The Balaban J connectivity index is 1.53. The van der Waals surface area contributed by atoms with Crippen LogP contribution in [0.2, 0.25) is 0 Å². The Morgan fingerprint density at radius 2 is 2.04 bits per heavy atom. The summed E-state index contributed by atoms with van der Waals surface area (Å²) < 4.78 is 25.5. The first-order valence-corrected chi connectivity index (χ1v) is 9.87. The summed E-state index contributed by atoms with van der Waals surface area (Å²) in [5.41, 5.74) is 0.148. The lowest BCUT2D eigenvalue weighted by Gasteiger charge is -2.14. The van der Waals surface area contributed by atoms with Crippen LogP contribution < -0.4 is 5.32 Å². The van der Waals surface area contributed by atoms with Gasteiger partial charge in [-0.15, -0.1) is 21.5 Å². The Morgan fingerprint density at radius 3 is 2.72 bits per heavy atom. The molecule has 2 aromatic rings. The molecule has 10 heteroatoms. The fourth-order valence-corrected chi connectivity index (χ4v) is 4.77. The quantitative estimate of drug-likeness (QED) is 0.792. The van der Waals surface area contributed by atoms with Gasteiger partial charge in [-0.05, 0) is 19.1 Å². The Bertz CT molecular complexity index is 923. The number of sulfonamides is 1. The molecule has 0 saturated carbocycles. The number of fused-ring (bicyclic) bond motifs is 1. The van der Waals surface area contributed by atoms with Crippen molar-refractivity contribution in [2.45, 2.75) is 24.7 Å². The Hall–Kier alpha value is -2.33. The van der Waals surface area contributed by atoms with E-state index < -0.39 is 15.9 Å². The molecule has 132 valence electrons. The number of carbonyl (C=O) groups is 2. The minimum absolute atomic E-state index is 0.00736. The zero-order chi connectivity index (χ0) is 18.0. The average Bonchev–Trinajstić information content (AvgIpc) is 3.07. The van der Waals surface area contributed by atoms with Gasteiger partial charge in [0.2, 0.25) is 5.91 Å². The van der Waals surface area contributed by atoms with Crippen molar-refractivity contribution in [1.82, 2.24) is 19.8 Å². The molecule has 8 nitrogen and oxygen atoms in total. The molecule has 1 N–H and O–H groups in total. The van der Waals surface area contributed by atoms with Crippen molar-refractivity contribution in [1.29, 1.82) is 0 Å². The number of nitrogens with zero attached hydrogens (tertiary/aromatic N) is 3. The number of aryl methyl sites for hydroxylation is 1. The summed E-state index contributed by atoms with van der Waals surface area (Å²) in [7, 11) is -3.86. The molecule has 0 aliphatic carbocycles. The van der Waals surface area contributed by atoms with Crippen molar-refractivity contribution in [3.63, 3.8) is 0 Å². The predicted octanol–water partition coefficient (Wildman–Crippen LogP) is 0.740. The molecule has 25 heavy (non-hydrogen) atoms. The van der Waals surface area contributed by atoms with E-state index in [0.717, 1.165) is 14.3 Å².